The Morgan fingerprint density at radius 2 is 2.08 bits per heavy atom. The van der Waals surface area contributed by atoms with Crippen LogP contribution in [0.5, 0.6) is 0 Å². The monoisotopic (exact) mass is 167 g/mol. The van der Waals surface area contributed by atoms with Gasteiger partial charge in [0.1, 0.15) is 6.10 Å². The maximum Gasteiger partial charge on any atom is 0.286 e. The van der Waals surface area contributed by atoms with Crippen LogP contribution in [0.3, 0.4) is 0 Å². The van der Waals surface area contributed by atoms with Gasteiger partial charge in [-0.1, -0.05) is 20.8 Å². The topological polar surface area (TPSA) is 33.0 Å². The molecule has 1 fully saturated rings. The standard InChI is InChI=1S/C10H17NO/c1-8-4-9(12-7-11)6-10(2,3)5-8/h8-9H,4-6H2,1-3H3. The Morgan fingerprint density at radius 3 is 2.58 bits per heavy atom. The lowest BCUT2D eigenvalue weighted by atomic mass is 9.71. The third-order valence-corrected chi connectivity index (χ3v) is 2.57. The van der Waals surface area contributed by atoms with Gasteiger partial charge in [-0.2, -0.15) is 5.26 Å². The van der Waals surface area contributed by atoms with E-state index in [4.69, 9.17) is 10.00 Å². The van der Waals surface area contributed by atoms with Gasteiger partial charge >= 0.3 is 0 Å². The predicted molar refractivity (Wildman–Crippen MR) is 47.3 cm³/mol. The van der Waals surface area contributed by atoms with Crippen LogP contribution in [-0.2, 0) is 4.74 Å². The molecule has 2 nitrogen and oxygen atoms in total. The van der Waals surface area contributed by atoms with Crippen molar-refractivity contribution in [1.29, 1.82) is 5.26 Å². The summed E-state index contributed by atoms with van der Waals surface area (Å²) < 4.78 is 4.99. The van der Waals surface area contributed by atoms with E-state index < -0.39 is 0 Å². The average molecular weight is 167 g/mol. The fourth-order valence-corrected chi connectivity index (χ4v) is 2.42. The Balaban J connectivity index is 2.53. The minimum absolute atomic E-state index is 0.161. The molecule has 12 heavy (non-hydrogen) atoms. The molecule has 0 aromatic heterocycles. The van der Waals surface area contributed by atoms with Gasteiger partial charge in [0.05, 0.1) is 0 Å². The number of ether oxygens (including phenoxy) is 1. The molecule has 1 rings (SSSR count). The van der Waals surface area contributed by atoms with Crippen LogP contribution in [-0.4, -0.2) is 6.10 Å². The zero-order valence-corrected chi connectivity index (χ0v) is 8.13. The van der Waals surface area contributed by atoms with Gasteiger partial charge < -0.3 is 4.74 Å². The molecule has 0 aromatic rings. The van der Waals surface area contributed by atoms with Gasteiger partial charge in [-0.15, -0.1) is 0 Å². The fraction of sp³-hybridized carbons (Fsp3) is 0.900. The van der Waals surface area contributed by atoms with Gasteiger partial charge in [-0.05, 0) is 30.6 Å². The molecule has 0 N–H and O–H groups in total. The maximum atomic E-state index is 8.40. The molecule has 0 saturated heterocycles. The van der Waals surface area contributed by atoms with E-state index in [1.165, 1.54) is 6.42 Å². The summed E-state index contributed by atoms with van der Waals surface area (Å²) >= 11 is 0. The molecule has 2 atom stereocenters. The van der Waals surface area contributed by atoms with E-state index >= 15 is 0 Å². The van der Waals surface area contributed by atoms with Crippen LogP contribution >= 0.6 is 0 Å². The van der Waals surface area contributed by atoms with E-state index in [9.17, 15) is 0 Å². The van der Waals surface area contributed by atoms with Crippen molar-refractivity contribution < 1.29 is 4.74 Å². The lowest BCUT2D eigenvalue weighted by molar-refractivity contribution is 0.0357. The third-order valence-electron chi connectivity index (χ3n) is 2.57. The van der Waals surface area contributed by atoms with Crippen LogP contribution in [0.1, 0.15) is 40.0 Å². The summed E-state index contributed by atoms with van der Waals surface area (Å²) in [5, 5.41) is 8.40. The van der Waals surface area contributed by atoms with Crippen LogP contribution < -0.4 is 0 Å². The highest BCUT2D eigenvalue weighted by atomic mass is 16.5. The molecular weight excluding hydrogens is 150 g/mol. The van der Waals surface area contributed by atoms with E-state index in [1.54, 1.807) is 6.26 Å². The number of nitrogens with zero attached hydrogens (tertiary/aromatic N) is 1. The Kier molecular flexibility index (Phi) is 2.62. The fourth-order valence-electron chi connectivity index (χ4n) is 2.42. The smallest absolute Gasteiger partial charge is 0.286 e. The number of hydrogen-bond acceptors (Lipinski definition) is 2. The average Bonchev–Trinajstić information content (AvgIpc) is 1.82. The normalized spacial score (nSPS) is 33.8. The molecular formula is C10H17NO. The van der Waals surface area contributed by atoms with E-state index in [1.807, 2.05) is 0 Å². The van der Waals surface area contributed by atoms with Crippen molar-refractivity contribution in [3.8, 4) is 6.26 Å². The molecule has 0 amide bonds. The Hall–Kier alpha value is -0.710. The molecule has 0 heterocycles. The second-order valence-corrected chi connectivity index (χ2v) is 4.74. The summed E-state index contributed by atoms with van der Waals surface area (Å²) in [6.45, 7) is 6.72. The summed E-state index contributed by atoms with van der Waals surface area (Å²) in [4.78, 5) is 0. The minimum Gasteiger partial charge on any atom is -0.424 e. The molecule has 1 saturated carbocycles. The summed E-state index contributed by atoms with van der Waals surface area (Å²) in [5.41, 5.74) is 0.346. The van der Waals surface area contributed by atoms with Crippen molar-refractivity contribution in [2.75, 3.05) is 0 Å². The number of nitriles is 1. The lowest BCUT2D eigenvalue weighted by Crippen LogP contribution is -2.31. The summed E-state index contributed by atoms with van der Waals surface area (Å²) in [6, 6.07) is 0. The minimum atomic E-state index is 0.161. The Labute approximate surface area is 74.5 Å². The summed E-state index contributed by atoms with van der Waals surface area (Å²) in [7, 11) is 0. The number of hydrogen-bond donors (Lipinski definition) is 0. The Morgan fingerprint density at radius 1 is 1.42 bits per heavy atom. The third kappa shape index (κ3) is 2.41. The van der Waals surface area contributed by atoms with Gasteiger partial charge in [0.2, 0.25) is 0 Å². The second-order valence-electron chi connectivity index (χ2n) is 4.74. The molecule has 68 valence electrons. The molecule has 0 spiro atoms. The first-order valence-corrected chi connectivity index (χ1v) is 4.58. The molecule has 0 aliphatic heterocycles. The van der Waals surface area contributed by atoms with E-state index in [2.05, 4.69) is 20.8 Å². The van der Waals surface area contributed by atoms with Crippen molar-refractivity contribution in [1.82, 2.24) is 0 Å². The molecule has 1 aliphatic rings. The Bertz CT molecular complexity index is 193. The van der Waals surface area contributed by atoms with Crippen LogP contribution in [0.15, 0.2) is 0 Å². The van der Waals surface area contributed by atoms with E-state index in [0.717, 1.165) is 12.8 Å². The van der Waals surface area contributed by atoms with E-state index in [-0.39, 0.29) is 6.10 Å². The zero-order chi connectivity index (χ0) is 9.19. The van der Waals surface area contributed by atoms with Crippen LogP contribution in [0.2, 0.25) is 0 Å². The highest BCUT2D eigenvalue weighted by Crippen LogP contribution is 2.39. The van der Waals surface area contributed by atoms with Gasteiger partial charge in [-0.25, -0.2) is 0 Å². The van der Waals surface area contributed by atoms with Crippen LogP contribution in [0.25, 0.3) is 0 Å². The highest BCUT2D eigenvalue weighted by molar-refractivity contribution is 4.84. The van der Waals surface area contributed by atoms with Crippen LogP contribution in [0.4, 0.5) is 0 Å². The molecule has 0 radical (unpaired) electrons. The van der Waals surface area contributed by atoms with Crippen molar-refractivity contribution in [2.45, 2.75) is 46.1 Å². The molecule has 0 bridgehead atoms. The van der Waals surface area contributed by atoms with Crippen molar-refractivity contribution in [3.63, 3.8) is 0 Å². The van der Waals surface area contributed by atoms with Crippen molar-refractivity contribution >= 4 is 0 Å². The largest absolute Gasteiger partial charge is 0.424 e. The lowest BCUT2D eigenvalue weighted by Gasteiger charge is -2.37. The van der Waals surface area contributed by atoms with Gasteiger partial charge in [0, 0.05) is 0 Å². The first-order valence-electron chi connectivity index (χ1n) is 4.58. The highest BCUT2D eigenvalue weighted by Gasteiger charge is 2.32. The number of rotatable bonds is 1. The van der Waals surface area contributed by atoms with Crippen LogP contribution in [0, 0.1) is 22.9 Å². The van der Waals surface area contributed by atoms with Gasteiger partial charge in [0.25, 0.3) is 6.26 Å². The quantitative estimate of drug-likeness (QED) is 0.562. The van der Waals surface area contributed by atoms with Gasteiger partial charge in [-0.3, -0.25) is 0 Å². The van der Waals surface area contributed by atoms with Crippen molar-refractivity contribution in [3.05, 3.63) is 0 Å². The summed E-state index contributed by atoms with van der Waals surface area (Å²) in [5.74, 6) is 0.687. The SMILES string of the molecule is CC1CC(OC#N)CC(C)(C)C1. The zero-order valence-electron chi connectivity index (χ0n) is 8.13. The molecule has 0 aromatic carbocycles. The maximum absolute atomic E-state index is 8.40. The molecule has 2 heteroatoms. The van der Waals surface area contributed by atoms with Gasteiger partial charge in [0.15, 0.2) is 0 Å². The first kappa shape index (κ1) is 9.38. The first-order chi connectivity index (χ1) is 5.53. The van der Waals surface area contributed by atoms with Crippen molar-refractivity contribution in [2.24, 2.45) is 11.3 Å². The molecule has 2 unspecified atom stereocenters. The predicted octanol–water partition coefficient (Wildman–Crippen LogP) is 2.70. The van der Waals surface area contributed by atoms with E-state index in [0.29, 0.717) is 11.3 Å². The molecule has 1 aliphatic carbocycles. The second kappa shape index (κ2) is 3.35. The summed E-state index contributed by atoms with van der Waals surface area (Å²) in [6.07, 6.45) is 5.26.